The highest BCUT2D eigenvalue weighted by molar-refractivity contribution is 7.57. The van der Waals surface area contributed by atoms with E-state index in [0.29, 0.717) is 5.57 Å². The van der Waals surface area contributed by atoms with Gasteiger partial charge in [-0.3, -0.25) is 9.36 Å². The number of hydrogen-bond donors (Lipinski definition) is 2. The summed E-state index contributed by atoms with van der Waals surface area (Å²) in [6, 6.07) is 7.14. The molecule has 3 unspecified atom stereocenters. The van der Waals surface area contributed by atoms with Crippen molar-refractivity contribution >= 4 is 13.5 Å². The number of rotatable bonds is 9. The van der Waals surface area contributed by atoms with E-state index in [9.17, 15) is 13.8 Å². The lowest BCUT2D eigenvalue weighted by atomic mass is 10.2. The number of ether oxygens (including phenoxy) is 1. The highest BCUT2D eigenvalue weighted by Gasteiger charge is 2.39. The number of aliphatic hydroxyl groups excluding tert-OH is 1. The number of allylic oxidation sites excluding steroid dienone is 1. The second-order valence-electron chi connectivity index (χ2n) is 7.26. The zero-order valence-corrected chi connectivity index (χ0v) is 17.3. The highest BCUT2D eigenvalue weighted by atomic mass is 31.2. The van der Waals surface area contributed by atoms with E-state index in [2.05, 4.69) is 5.09 Å². The molecule has 0 fully saturated rings. The van der Waals surface area contributed by atoms with Gasteiger partial charge in [-0.15, -0.1) is 0 Å². The lowest BCUT2D eigenvalue weighted by Crippen LogP contribution is -2.39. The van der Waals surface area contributed by atoms with E-state index in [1.54, 1.807) is 58.0 Å². The average Bonchev–Trinajstić information content (AvgIpc) is 2.58. The predicted octanol–water partition coefficient (Wildman–Crippen LogP) is 4.20. The minimum absolute atomic E-state index is 0.218. The SMILES string of the molecule is C/C(=C\CC(F)P(=O)(NC(C)C(=O)OC(C)(C)C)Oc1ccccc1)CO. The van der Waals surface area contributed by atoms with Crippen LogP contribution in [-0.4, -0.2) is 35.2 Å². The van der Waals surface area contributed by atoms with Crippen LogP contribution in [0, 0.1) is 0 Å². The van der Waals surface area contributed by atoms with E-state index in [0.717, 1.165) is 0 Å². The Labute approximate surface area is 160 Å². The molecule has 0 aliphatic rings. The second-order valence-corrected chi connectivity index (χ2v) is 9.46. The minimum Gasteiger partial charge on any atom is -0.459 e. The Bertz CT molecular complexity index is 687. The van der Waals surface area contributed by atoms with Crippen LogP contribution in [0.5, 0.6) is 5.75 Å². The quantitative estimate of drug-likeness (QED) is 0.366. The fraction of sp³-hybridized carbons (Fsp3) is 0.526. The molecule has 0 saturated carbocycles. The fourth-order valence-corrected chi connectivity index (χ4v) is 3.81. The molecule has 0 aromatic heterocycles. The number of esters is 1. The van der Waals surface area contributed by atoms with Gasteiger partial charge in [0.05, 0.1) is 6.61 Å². The third-order valence-corrected chi connectivity index (χ3v) is 5.57. The number of nitrogens with one attached hydrogen (secondary N) is 1. The Kier molecular flexibility index (Phi) is 8.66. The maximum Gasteiger partial charge on any atom is 0.351 e. The summed E-state index contributed by atoms with van der Waals surface area (Å²) in [5.41, 5.74) is -0.183. The van der Waals surface area contributed by atoms with Gasteiger partial charge < -0.3 is 14.4 Å². The van der Waals surface area contributed by atoms with E-state index >= 15 is 0 Å². The fourth-order valence-electron chi connectivity index (χ4n) is 2.02. The number of aliphatic hydroxyl groups is 1. The number of halogens is 1. The van der Waals surface area contributed by atoms with Crippen molar-refractivity contribution in [1.82, 2.24) is 5.09 Å². The van der Waals surface area contributed by atoms with Gasteiger partial charge in [0, 0.05) is 6.42 Å². The lowest BCUT2D eigenvalue weighted by Gasteiger charge is -2.27. The van der Waals surface area contributed by atoms with Gasteiger partial charge >= 0.3 is 13.5 Å². The third kappa shape index (κ3) is 8.24. The van der Waals surface area contributed by atoms with Crippen molar-refractivity contribution in [3.05, 3.63) is 42.0 Å². The number of benzene rings is 1. The Morgan fingerprint density at radius 3 is 2.44 bits per heavy atom. The number of hydrogen-bond acceptors (Lipinski definition) is 5. The maximum atomic E-state index is 14.9. The van der Waals surface area contributed by atoms with Crippen molar-refractivity contribution < 1.29 is 28.1 Å². The van der Waals surface area contributed by atoms with Gasteiger partial charge in [0.2, 0.25) is 5.91 Å². The van der Waals surface area contributed by atoms with Crippen molar-refractivity contribution in [3.8, 4) is 5.75 Å². The molecule has 6 nitrogen and oxygen atoms in total. The molecule has 0 saturated heterocycles. The van der Waals surface area contributed by atoms with Gasteiger partial charge in [-0.2, -0.15) is 0 Å². The van der Waals surface area contributed by atoms with E-state index in [1.807, 2.05) is 0 Å². The number of alkyl halides is 1. The summed E-state index contributed by atoms with van der Waals surface area (Å²) in [6.07, 6.45) is 1.22. The van der Waals surface area contributed by atoms with Crippen LogP contribution in [0.1, 0.15) is 41.0 Å². The van der Waals surface area contributed by atoms with Crippen molar-refractivity contribution in [2.24, 2.45) is 0 Å². The first-order valence-electron chi connectivity index (χ1n) is 8.72. The first kappa shape index (κ1) is 23.3. The summed E-state index contributed by atoms with van der Waals surface area (Å²) < 4.78 is 38.8. The van der Waals surface area contributed by atoms with Crippen molar-refractivity contribution in [2.75, 3.05) is 6.61 Å². The molecule has 1 aromatic carbocycles. The largest absolute Gasteiger partial charge is 0.459 e. The van der Waals surface area contributed by atoms with Gasteiger partial charge in [0.1, 0.15) is 17.4 Å². The molecule has 152 valence electrons. The Morgan fingerprint density at radius 1 is 1.33 bits per heavy atom. The van der Waals surface area contributed by atoms with Crippen LogP contribution >= 0.6 is 7.52 Å². The summed E-state index contributed by atoms with van der Waals surface area (Å²) in [4.78, 5) is 12.2. The average molecular weight is 401 g/mol. The molecule has 1 rings (SSSR count). The Balaban J connectivity index is 3.02. The first-order valence-corrected chi connectivity index (χ1v) is 10.4. The minimum atomic E-state index is -4.12. The molecule has 0 spiro atoms. The normalized spacial score (nSPS) is 16.9. The summed E-state index contributed by atoms with van der Waals surface area (Å²) in [6.45, 7) is 7.97. The molecular weight excluding hydrogens is 372 g/mol. The van der Waals surface area contributed by atoms with Crippen molar-refractivity contribution in [2.45, 2.75) is 58.6 Å². The molecule has 0 heterocycles. The summed E-state index contributed by atoms with van der Waals surface area (Å²) in [7, 11) is -4.12. The molecule has 0 amide bonds. The number of carbonyl (C=O) groups excluding carboxylic acids is 1. The molecule has 0 aliphatic carbocycles. The third-order valence-electron chi connectivity index (χ3n) is 3.40. The molecule has 27 heavy (non-hydrogen) atoms. The van der Waals surface area contributed by atoms with Crippen LogP contribution in [0.3, 0.4) is 0 Å². The van der Waals surface area contributed by atoms with E-state index in [-0.39, 0.29) is 18.8 Å². The lowest BCUT2D eigenvalue weighted by molar-refractivity contribution is -0.156. The standard InChI is InChI=1S/C19H29FNO5P/c1-14(13-22)11-12-17(20)27(24,26-16-9-7-6-8-10-16)21-15(2)18(23)25-19(3,4)5/h6-11,15,17,22H,12-13H2,1-5H3,(H,21,24)/b14-11+. The van der Waals surface area contributed by atoms with Crippen LogP contribution in [0.15, 0.2) is 42.0 Å². The zero-order valence-electron chi connectivity index (χ0n) is 16.4. The monoisotopic (exact) mass is 401 g/mol. The van der Waals surface area contributed by atoms with E-state index < -0.39 is 31.0 Å². The van der Waals surface area contributed by atoms with Gasteiger partial charge in [-0.1, -0.05) is 29.8 Å². The first-order chi connectivity index (χ1) is 12.5. The van der Waals surface area contributed by atoms with Crippen molar-refractivity contribution in [1.29, 1.82) is 0 Å². The topological polar surface area (TPSA) is 84.9 Å². The molecule has 2 N–H and O–H groups in total. The molecule has 8 heteroatoms. The molecule has 1 aromatic rings. The maximum absolute atomic E-state index is 14.9. The summed E-state index contributed by atoms with van der Waals surface area (Å²) in [5.74, 6) is -2.35. The second kappa shape index (κ2) is 10.0. The Morgan fingerprint density at radius 2 is 1.93 bits per heavy atom. The molecular formula is C19H29FNO5P. The smallest absolute Gasteiger partial charge is 0.351 e. The molecule has 0 aliphatic heterocycles. The van der Waals surface area contributed by atoms with Crippen LogP contribution in [0.2, 0.25) is 0 Å². The highest BCUT2D eigenvalue weighted by Crippen LogP contribution is 2.50. The zero-order chi connectivity index (χ0) is 20.7. The summed E-state index contributed by atoms with van der Waals surface area (Å²) in [5, 5.41) is 11.5. The van der Waals surface area contributed by atoms with Crippen LogP contribution in [0.25, 0.3) is 0 Å². The van der Waals surface area contributed by atoms with Crippen molar-refractivity contribution in [3.63, 3.8) is 0 Å². The predicted molar refractivity (Wildman–Crippen MR) is 103 cm³/mol. The Hall–Kier alpha value is -1.69. The molecule has 3 atom stereocenters. The summed E-state index contributed by atoms with van der Waals surface area (Å²) >= 11 is 0. The van der Waals surface area contributed by atoms with Gasteiger partial charge in [0.15, 0.2) is 0 Å². The molecule has 0 bridgehead atoms. The van der Waals surface area contributed by atoms with E-state index in [1.165, 1.54) is 13.0 Å². The van der Waals surface area contributed by atoms with Crippen LogP contribution < -0.4 is 9.61 Å². The number of carbonyl (C=O) groups is 1. The number of para-hydroxylation sites is 1. The molecule has 0 radical (unpaired) electrons. The van der Waals surface area contributed by atoms with E-state index in [4.69, 9.17) is 14.4 Å². The van der Waals surface area contributed by atoms with Gasteiger partial charge in [0.25, 0.3) is 0 Å². The van der Waals surface area contributed by atoms with Crippen LogP contribution in [0.4, 0.5) is 4.39 Å². The van der Waals surface area contributed by atoms with Gasteiger partial charge in [-0.25, -0.2) is 9.48 Å². The van der Waals surface area contributed by atoms with Gasteiger partial charge in [-0.05, 0) is 46.8 Å². The van der Waals surface area contributed by atoms with Crippen LogP contribution in [-0.2, 0) is 14.1 Å².